The first-order valence-electron chi connectivity index (χ1n) is 8.34. The van der Waals surface area contributed by atoms with Gasteiger partial charge in [0.15, 0.2) is 11.7 Å². The van der Waals surface area contributed by atoms with Crippen LogP contribution in [0.25, 0.3) is 10.2 Å². The van der Waals surface area contributed by atoms with Gasteiger partial charge >= 0.3 is 0 Å². The third-order valence-electron chi connectivity index (χ3n) is 3.69. The van der Waals surface area contributed by atoms with Crippen LogP contribution in [0, 0.1) is 0 Å². The number of halogens is 1. The number of carbonyl (C=O) groups is 1. The highest BCUT2D eigenvalue weighted by atomic mass is 79.9. The monoisotopic (exact) mass is 434 g/mol. The number of fused-ring (bicyclic) bond motifs is 1. The van der Waals surface area contributed by atoms with Crippen LogP contribution in [0.4, 0.5) is 5.13 Å². The largest absolute Gasteiger partial charge is 0.492 e. The van der Waals surface area contributed by atoms with Crippen LogP contribution in [0.1, 0.15) is 19.4 Å². The highest BCUT2D eigenvalue weighted by Crippen LogP contribution is 2.32. The first kappa shape index (κ1) is 18.7. The highest BCUT2D eigenvalue weighted by molar-refractivity contribution is 9.10. The number of ether oxygens (including phenoxy) is 2. The van der Waals surface area contributed by atoms with Crippen molar-refractivity contribution in [3.8, 4) is 11.5 Å². The standard InChI is InChI=1S/C19H19BrN2O3S/c1-3-12-10-13(20)8-9-14(12)25-11-17(23)21-19-22-18-15(24-4-2)6-5-7-16(18)26-19/h5-10H,3-4,11H2,1-2H3,(H,21,22,23). The van der Waals surface area contributed by atoms with Crippen molar-refractivity contribution >= 4 is 48.5 Å². The molecule has 2 aromatic carbocycles. The Kier molecular flexibility index (Phi) is 6.11. The summed E-state index contributed by atoms with van der Waals surface area (Å²) in [5.74, 6) is 1.20. The summed E-state index contributed by atoms with van der Waals surface area (Å²) in [6.07, 6.45) is 0.828. The van der Waals surface area contributed by atoms with E-state index in [9.17, 15) is 4.79 Å². The summed E-state index contributed by atoms with van der Waals surface area (Å²) in [6.45, 7) is 4.48. The second-order valence-corrected chi connectivity index (χ2v) is 7.44. The molecular formula is C19H19BrN2O3S. The second-order valence-electron chi connectivity index (χ2n) is 5.50. The molecule has 0 aliphatic carbocycles. The fourth-order valence-corrected chi connectivity index (χ4v) is 3.82. The lowest BCUT2D eigenvalue weighted by atomic mass is 10.1. The van der Waals surface area contributed by atoms with Crippen LogP contribution < -0.4 is 14.8 Å². The second kappa shape index (κ2) is 8.51. The number of rotatable bonds is 7. The molecule has 3 aromatic rings. The smallest absolute Gasteiger partial charge is 0.264 e. The van der Waals surface area contributed by atoms with Gasteiger partial charge in [-0.3, -0.25) is 10.1 Å². The number of thiazole rings is 1. The van der Waals surface area contributed by atoms with Crippen molar-refractivity contribution in [2.24, 2.45) is 0 Å². The van der Waals surface area contributed by atoms with Gasteiger partial charge in [0.1, 0.15) is 17.0 Å². The van der Waals surface area contributed by atoms with Gasteiger partial charge in [0, 0.05) is 4.47 Å². The number of hydrogen-bond acceptors (Lipinski definition) is 5. The van der Waals surface area contributed by atoms with Gasteiger partial charge in [-0.2, -0.15) is 0 Å². The average Bonchev–Trinajstić information content (AvgIpc) is 3.04. The van der Waals surface area contributed by atoms with Gasteiger partial charge in [0.05, 0.1) is 11.3 Å². The lowest BCUT2D eigenvalue weighted by molar-refractivity contribution is -0.118. The Labute approximate surface area is 164 Å². The number of amides is 1. The SMILES string of the molecule is CCOc1cccc2sc(NC(=O)COc3ccc(Br)cc3CC)nc12. The van der Waals surface area contributed by atoms with Crippen molar-refractivity contribution in [3.63, 3.8) is 0 Å². The summed E-state index contributed by atoms with van der Waals surface area (Å²) in [6, 6.07) is 11.5. The summed E-state index contributed by atoms with van der Waals surface area (Å²) in [4.78, 5) is 16.7. The van der Waals surface area contributed by atoms with Gasteiger partial charge < -0.3 is 9.47 Å². The predicted molar refractivity (Wildman–Crippen MR) is 108 cm³/mol. The van der Waals surface area contributed by atoms with Crippen molar-refractivity contribution in [2.75, 3.05) is 18.5 Å². The molecule has 0 spiro atoms. The summed E-state index contributed by atoms with van der Waals surface area (Å²) in [7, 11) is 0. The Morgan fingerprint density at radius 3 is 2.81 bits per heavy atom. The molecule has 0 saturated carbocycles. The average molecular weight is 435 g/mol. The van der Waals surface area contributed by atoms with Gasteiger partial charge in [-0.1, -0.05) is 40.3 Å². The van der Waals surface area contributed by atoms with E-state index in [4.69, 9.17) is 9.47 Å². The van der Waals surface area contributed by atoms with Crippen molar-refractivity contribution in [1.29, 1.82) is 0 Å². The maximum Gasteiger partial charge on any atom is 0.264 e. The first-order chi connectivity index (χ1) is 12.6. The Hall–Kier alpha value is -2.12. The number of aromatic nitrogens is 1. The zero-order valence-electron chi connectivity index (χ0n) is 14.5. The van der Waals surface area contributed by atoms with Crippen LogP contribution in [0.5, 0.6) is 11.5 Å². The number of hydrogen-bond donors (Lipinski definition) is 1. The number of anilines is 1. The molecule has 5 nitrogen and oxygen atoms in total. The van der Waals surface area contributed by atoms with Crippen LogP contribution in [0.2, 0.25) is 0 Å². The topological polar surface area (TPSA) is 60.5 Å². The minimum Gasteiger partial charge on any atom is -0.492 e. The number of para-hydroxylation sites is 1. The number of aryl methyl sites for hydroxylation is 1. The molecule has 0 unspecified atom stereocenters. The maximum atomic E-state index is 12.2. The Bertz CT molecular complexity index is 926. The molecular weight excluding hydrogens is 416 g/mol. The van der Waals surface area contributed by atoms with Crippen LogP contribution in [0.3, 0.4) is 0 Å². The summed E-state index contributed by atoms with van der Waals surface area (Å²) < 4.78 is 13.2. The van der Waals surface area contributed by atoms with E-state index in [0.29, 0.717) is 17.5 Å². The fraction of sp³-hybridized carbons (Fsp3) is 0.263. The Morgan fingerprint density at radius 1 is 1.19 bits per heavy atom. The molecule has 0 fully saturated rings. The highest BCUT2D eigenvalue weighted by Gasteiger charge is 2.12. The van der Waals surface area contributed by atoms with E-state index in [1.807, 2.05) is 50.2 Å². The molecule has 3 rings (SSSR count). The Balaban J connectivity index is 1.67. The maximum absolute atomic E-state index is 12.2. The van der Waals surface area contributed by atoms with Crippen molar-refractivity contribution in [3.05, 3.63) is 46.4 Å². The zero-order chi connectivity index (χ0) is 18.5. The molecule has 1 amide bonds. The van der Waals surface area contributed by atoms with Gasteiger partial charge in [-0.05, 0) is 49.2 Å². The van der Waals surface area contributed by atoms with Gasteiger partial charge in [-0.15, -0.1) is 0 Å². The van der Waals surface area contributed by atoms with E-state index in [1.54, 1.807) is 0 Å². The van der Waals surface area contributed by atoms with Crippen molar-refractivity contribution in [2.45, 2.75) is 20.3 Å². The van der Waals surface area contributed by atoms with Crippen LogP contribution >= 0.6 is 27.3 Å². The number of carbonyl (C=O) groups excluding carboxylic acids is 1. The molecule has 7 heteroatoms. The summed E-state index contributed by atoms with van der Waals surface area (Å²) in [5, 5.41) is 3.33. The normalized spacial score (nSPS) is 10.7. The minimum atomic E-state index is -0.244. The predicted octanol–water partition coefficient (Wildman–Crippen LogP) is 5.04. The molecule has 1 heterocycles. The van der Waals surface area contributed by atoms with E-state index >= 15 is 0 Å². The molecule has 0 bridgehead atoms. The van der Waals surface area contributed by atoms with E-state index in [2.05, 4.69) is 26.2 Å². The quantitative estimate of drug-likeness (QED) is 0.565. The molecule has 0 atom stereocenters. The number of nitrogens with one attached hydrogen (secondary N) is 1. The van der Waals surface area contributed by atoms with Gasteiger partial charge in [-0.25, -0.2) is 4.98 Å². The zero-order valence-corrected chi connectivity index (χ0v) is 16.9. The molecule has 0 saturated heterocycles. The minimum absolute atomic E-state index is 0.0666. The first-order valence-corrected chi connectivity index (χ1v) is 9.95. The van der Waals surface area contributed by atoms with Crippen LogP contribution in [0.15, 0.2) is 40.9 Å². The molecule has 1 N–H and O–H groups in total. The number of nitrogens with zero attached hydrogens (tertiary/aromatic N) is 1. The third kappa shape index (κ3) is 4.34. The Morgan fingerprint density at radius 2 is 2.04 bits per heavy atom. The lowest BCUT2D eigenvalue weighted by Crippen LogP contribution is -2.20. The van der Waals surface area contributed by atoms with E-state index < -0.39 is 0 Å². The van der Waals surface area contributed by atoms with Crippen LogP contribution in [-0.2, 0) is 11.2 Å². The molecule has 1 aromatic heterocycles. The van der Waals surface area contributed by atoms with E-state index in [-0.39, 0.29) is 12.5 Å². The molecule has 136 valence electrons. The molecule has 26 heavy (non-hydrogen) atoms. The lowest BCUT2D eigenvalue weighted by Gasteiger charge is -2.10. The van der Waals surface area contributed by atoms with E-state index in [0.717, 1.165) is 32.4 Å². The van der Waals surface area contributed by atoms with Crippen molar-refractivity contribution in [1.82, 2.24) is 4.98 Å². The van der Waals surface area contributed by atoms with E-state index in [1.165, 1.54) is 11.3 Å². The molecule has 0 aliphatic rings. The van der Waals surface area contributed by atoms with Crippen molar-refractivity contribution < 1.29 is 14.3 Å². The third-order valence-corrected chi connectivity index (χ3v) is 5.12. The van der Waals surface area contributed by atoms with Crippen LogP contribution in [-0.4, -0.2) is 24.1 Å². The summed E-state index contributed by atoms with van der Waals surface area (Å²) >= 11 is 4.86. The van der Waals surface area contributed by atoms with Gasteiger partial charge in [0.25, 0.3) is 5.91 Å². The molecule has 0 radical (unpaired) electrons. The number of benzene rings is 2. The fourth-order valence-electron chi connectivity index (χ4n) is 2.51. The summed E-state index contributed by atoms with van der Waals surface area (Å²) in [5.41, 5.74) is 1.81. The molecule has 0 aliphatic heterocycles. The van der Waals surface area contributed by atoms with Gasteiger partial charge in [0.2, 0.25) is 0 Å².